The predicted molar refractivity (Wildman–Crippen MR) is 67.7 cm³/mol. The number of esters is 1. The summed E-state index contributed by atoms with van der Waals surface area (Å²) in [4.78, 5) is 28.8. The number of hydrogen-bond donors (Lipinski definition) is 1. The van der Waals surface area contributed by atoms with Gasteiger partial charge >= 0.3 is 5.97 Å². The van der Waals surface area contributed by atoms with Crippen LogP contribution in [0.15, 0.2) is 5.38 Å². The number of amides is 1. The number of methoxy groups -OCH3 is 1. The van der Waals surface area contributed by atoms with Gasteiger partial charge in [-0.2, -0.15) is 0 Å². The van der Waals surface area contributed by atoms with Crippen molar-refractivity contribution in [2.45, 2.75) is 12.8 Å². The predicted octanol–water partition coefficient (Wildman–Crippen LogP) is 0.185. The zero-order valence-corrected chi connectivity index (χ0v) is 11.0. The van der Waals surface area contributed by atoms with E-state index in [2.05, 4.69) is 19.9 Å². The normalized spacial score (nSPS) is 16.1. The minimum atomic E-state index is -0.292. The molecule has 0 radical (unpaired) electrons. The minimum absolute atomic E-state index is 0.0730. The second kappa shape index (κ2) is 5.81. The SMILES string of the molecule is COC(=O)Cc1csc(N2CCNC(=O)CC2)n1. The van der Waals surface area contributed by atoms with E-state index in [9.17, 15) is 9.59 Å². The van der Waals surface area contributed by atoms with Crippen molar-refractivity contribution in [2.75, 3.05) is 31.6 Å². The highest BCUT2D eigenvalue weighted by Crippen LogP contribution is 2.21. The molecule has 18 heavy (non-hydrogen) atoms. The molecule has 1 fully saturated rings. The van der Waals surface area contributed by atoms with Crippen molar-refractivity contribution in [3.8, 4) is 0 Å². The number of rotatable bonds is 3. The molecular weight excluding hydrogens is 254 g/mol. The molecule has 7 heteroatoms. The first-order chi connectivity index (χ1) is 8.69. The summed E-state index contributed by atoms with van der Waals surface area (Å²) < 4.78 is 4.60. The van der Waals surface area contributed by atoms with Gasteiger partial charge in [0.15, 0.2) is 5.13 Å². The third-order valence-electron chi connectivity index (χ3n) is 2.68. The number of nitrogens with one attached hydrogen (secondary N) is 1. The van der Waals surface area contributed by atoms with E-state index in [0.29, 0.717) is 25.2 Å². The molecule has 1 aliphatic heterocycles. The van der Waals surface area contributed by atoms with Gasteiger partial charge in [-0.25, -0.2) is 4.98 Å². The molecule has 1 aliphatic rings. The summed E-state index contributed by atoms with van der Waals surface area (Å²) in [6, 6.07) is 0. The summed E-state index contributed by atoms with van der Waals surface area (Å²) in [7, 11) is 1.36. The molecule has 0 bridgehead atoms. The van der Waals surface area contributed by atoms with Crippen molar-refractivity contribution in [3.63, 3.8) is 0 Å². The molecule has 98 valence electrons. The summed E-state index contributed by atoms with van der Waals surface area (Å²) in [6.07, 6.45) is 0.671. The number of carbonyl (C=O) groups excluding carboxylic acids is 2. The average Bonchev–Trinajstić information content (AvgIpc) is 2.71. The Kier molecular flexibility index (Phi) is 4.14. The number of carbonyl (C=O) groups is 2. The molecule has 0 aliphatic carbocycles. The molecule has 1 saturated heterocycles. The Labute approximate surface area is 109 Å². The molecule has 0 unspecified atom stereocenters. The Balaban J connectivity index is 2.00. The Morgan fingerprint density at radius 2 is 2.44 bits per heavy atom. The number of aromatic nitrogens is 1. The summed E-state index contributed by atoms with van der Waals surface area (Å²) in [5.74, 6) is -0.219. The number of nitrogens with zero attached hydrogens (tertiary/aromatic N) is 2. The third kappa shape index (κ3) is 3.19. The highest BCUT2D eigenvalue weighted by atomic mass is 32.1. The van der Waals surface area contributed by atoms with Crippen LogP contribution in [0.3, 0.4) is 0 Å². The largest absolute Gasteiger partial charge is 0.469 e. The maximum atomic E-state index is 11.2. The molecule has 0 atom stereocenters. The van der Waals surface area contributed by atoms with E-state index < -0.39 is 0 Å². The second-order valence-corrected chi connectivity index (χ2v) is 4.80. The number of ether oxygens (including phenoxy) is 1. The van der Waals surface area contributed by atoms with Crippen LogP contribution in [0.25, 0.3) is 0 Å². The molecule has 1 aromatic heterocycles. The molecule has 2 heterocycles. The van der Waals surface area contributed by atoms with Gasteiger partial charge in [-0.1, -0.05) is 0 Å². The fourth-order valence-electron chi connectivity index (χ4n) is 1.70. The van der Waals surface area contributed by atoms with Gasteiger partial charge in [0.05, 0.1) is 19.2 Å². The van der Waals surface area contributed by atoms with Gasteiger partial charge in [0.25, 0.3) is 0 Å². The molecule has 0 saturated carbocycles. The zero-order chi connectivity index (χ0) is 13.0. The van der Waals surface area contributed by atoms with Crippen LogP contribution < -0.4 is 10.2 Å². The van der Waals surface area contributed by atoms with Crippen molar-refractivity contribution in [1.29, 1.82) is 0 Å². The van der Waals surface area contributed by atoms with Crippen LogP contribution in [0.1, 0.15) is 12.1 Å². The molecule has 1 amide bonds. The van der Waals surface area contributed by atoms with Crippen LogP contribution in [0.4, 0.5) is 5.13 Å². The number of anilines is 1. The summed E-state index contributed by atoms with van der Waals surface area (Å²) in [5, 5.41) is 5.52. The van der Waals surface area contributed by atoms with Crippen molar-refractivity contribution in [2.24, 2.45) is 0 Å². The van der Waals surface area contributed by atoms with Crippen LogP contribution >= 0.6 is 11.3 Å². The molecule has 1 aromatic rings. The molecular formula is C11H15N3O3S. The van der Waals surface area contributed by atoms with E-state index in [1.165, 1.54) is 18.4 Å². The van der Waals surface area contributed by atoms with Crippen LogP contribution in [0.5, 0.6) is 0 Å². The van der Waals surface area contributed by atoms with E-state index in [1.807, 2.05) is 5.38 Å². The van der Waals surface area contributed by atoms with E-state index >= 15 is 0 Å². The minimum Gasteiger partial charge on any atom is -0.469 e. The van der Waals surface area contributed by atoms with Crippen LogP contribution in [0.2, 0.25) is 0 Å². The lowest BCUT2D eigenvalue weighted by molar-refractivity contribution is -0.139. The van der Waals surface area contributed by atoms with Crippen LogP contribution in [-0.2, 0) is 20.7 Å². The standard InChI is InChI=1S/C11H15N3O3S/c1-17-10(16)6-8-7-18-11(13-8)14-4-2-9(15)12-3-5-14/h7H,2-6H2,1H3,(H,12,15). The lowest BCUT2D eigenvalue weighted by Crippen LogP contribution is -2.28. The van der Waals surface area contributed by atoms with Crippen molar-refractivity contribution in [3.05, 3.63) is 11.1 Å². The monoisotopic (exact) mass is 269 g/mol. The molecule has 0 aromatic carbocycles. The fourth-order valence-corrected chi connectivity index (χ4v) is 2.58. The first-order valence-electron chi connectivity index (χ1n) is 5.72. The molecule has 2 rings (SSSR count). The highest BCUT2D eigenvalue weighted by Gasteiger charge is 2.17. The smallest absolute Gasteiger partial charge is 0.311 e. The van der Waals surface area contributed by atoms with E-state index in [1.54, 1.807) is 0 Å². The summed E-state index contributed by atoms with van der Waals surface area (Å²) >= 11 is 1.49. The first kappa shape index (κ1) is 12.8. The first-order valence-corrected chi connectivity index (χ1v) is 6.60. The van der Waals surface area contributed by atoms with Crippen LogP contribution in [-0.4, -0.2) is 43.6 Å². The molecule has 1 N–H and O–H groups in total. The molecule has 0 spiro atoms. The van der Waals surface area contributed by atoms with Gasteiger partial charge in [0, 0.05) is 31.4 Å². The second-order valence-electron chi connectivity index (χ2n) is 3.96. The van der Waals surface area contributed by atoms with Gasteiger partial charge in [0.2, 0.25) is 5.91 Å². The van der Waals surface area contributed by atoms with E-state index in [4.69, 9.17) is 0 Å². The Morgan fingerprint density at radius 1 is 1.61 bits per heavy atom. The van der Waals surface area contributed by atoms with Crippen molar-refractivity contribution >= 4 is 28.3 Å². The highest BCUT2D eigenvalue weighted by molar-refractivity contribution is 7.13. The van der Waals surface area contributed by atoms with E-state index in [0.717, 1.165) is 11.7 Å². The van der Waals surface area contributed by atoms with Crippen molar-refractivity contribution < 1.29 is 14.3 Å². The number of thiazole rings is 1. The fraction of sp³-hybridized carbons (Fsp3) is 0.545. The maximum absolute atomic E-state index is 11.2. The summed E-state index contributed by atoms with van der Waals surface area (Å²) in [6.45, 7) is 2.04. The van der Waals surface area contributed by atoms with E-state index in [-0.39, 0.29) is 18.3 Å². The zero-order valence-electron chi connectivity index (χ0n) is 10.1. The lowest BCUT2D eigenvalue weighted by Gasteiger charge is -2.17. The van der Waals surface area contributed by atoms with Gasteiger partial charge in [0.1, 0.15) is 0 Å². The topological polar surface area (TPSA) is 71.5 Å². The lowest BCUT2D eigenvalue weighted by atomic mass is 10.3. The number of hydrogen-bond acceptors (Lipinski definition) is 6. The van der Waals surface area contributed by atoms with Gasteiger partial charge in [-0.15, -0.1) is 11.3 Å². The Hall–Kier alpha value is -1.63. The summed E-state index contributed by atoms with van der Waals surface area (Å²) in [5.41, 5.74) is 0.713. The Bertz CT molecular complexity index is 446. The van der Waals surface area contributed by atoms with Crippen molar-refractivity contribution in [1.82, 2.24) is 10.3 Å². The van der Waals surface area contributed by atoms with Gasteiger partial charge in [-0.05, 0) is 0 Å². The molecule has 6 nitrogen and oxygen atoms in total. The van der Waals surface area contributed by atoms with Gasteiger partial charge < -0.3 is 15.0 Å². The maximum Gasteiger partial charge on any atom is 0.311 e. The quantitative estimate of drug-likeness (QED) is 0.793. The Morgan fingerprint density at radius 3 is 3.22 bits per heavy atom. The third-order valence-corrected chi connectivity index (χ3v) is 3.63. The average molecular weight is 269 g/mol. The van der Waals surface area contributed by atoms with Crippen LogP contribution in [0, 0.1) is 0 Å². The van der Waals surface area contributed by atoms with Gasteiger partial charge in [-0.3, -0.25) is 9.59 Å².